The molecule has 2 atom stereocenters. The predicted molar refractivity (Wildman–Crippen MR) is 114 cm³/mol. The number of benzene rings is 1. The quantitative estimate of drug-likeness (QED) is 0.619. The molecule has 1 saturated heterocycles. The number of pyridine rings is 1. The highest BCUT2D eigenvalue weighted by molar-refractivity contribution is 5.40. The standard InChI is InChI=1S/C23H33N3O3/c1-18-15-26(16-19(2)29-18)12-6-10-24-14-20-13-22(27-3)8-9-23(20)28-17-21-7-4-5-11-25-21/h4-5,7-9,11,13,18-19,24H,6,10,12,14-17H2,1-3H3. The topological polar surface area (TPSA) is 55.9 Å². The fourth-order valence-corrected chi connectivity index (χ4v) is 3.71. The van der Waals surface area contributed by atoms with Crippen LogP contribution in [0.2, 0.25) is 0 Å². The maximum Gasteiger partial charge on any atom is 0.130 e. The van der Waals surface area contributed by atoms with Crippen LogP contribution in [0.3, 0.4) is 0 Å². The molecule has 6 nitrogen and oxygen atoms in total. The van der Waals surface area contributed by atoms with E-state index in [1.54, 1.807) is 13.3 Å². The van der Waals surface area contributed by atoms with Crippen molar-refractivity contribution in [1.82, 2.24) is 15.2 Å². The molecule has 3 rings (SSSR count). The Labute approximate surface area is 174 Å². The van der Waals surface area contributed by atoms with Gasteiger partial charge >= 0.3 is 0 Å². The molecule has 0 spiro atoms. The molecule has 1 fully saturated rings. The van der Waals surface area contributed by atoms with E-state index in [2.05, 4.69) is 29.0 Å². The van der Waals surface area contributed by atoms with Crippen LogP contribution in [0.15, 0.2) is 42.6 Å². The van der Waals surface area contributed by atoms with E-state index >= 15 is 0 Å². The Morgan fingerprint density at radius 1 is 1.17 bits per heavy atom. The molecular formula is C23H33N3O3. The normalized spacial score (nSPS) is 19.8. The molecule has 0 saturated carbocycles. The third-order valence-corrected chi connectivity index (χ3v) is 5.01. The van der Waals surface area contributed by atoms with Crippen molar-refractivity contribution in [2.75, 3.05) is 33.3 Å². The van der Waals surface area contributed by atoms with Gasteiger partial charge in [-0.3, -0.25) is 9.88 Å². The largest absolute Gasteiger partial charge is 0.497 e. The van der Waals surface area contributed by atoms with Gasteiger partial charge in [-0.25, -0.2) is 0 Å². The SMILES string of the molecule is COc1ccc(OCc2ccccn2)c(CNCCCN2CC(C)OC(C)C2)c1. The van der Waals surface area contributed by atoms with Gasteiger partial charge < -0.3 is 19.5 Å². The lowest BCUT2D eigenvalue weighted by molar-refractivity contribution is -0.0680. The molecule has 1 aromatic heterocycles. The molecule has 1 N–H and O–H groups in total. The van der Waals surface area contributed by atoms with Crippen molar-refractivity contribution in [2.45, 2.75) is 45.6 Å². The fraction of sp³-hybridized carbons (Fsp3) is 0.522. The summed E-state index contributed by atoms with van der Waals surface area (Å²) in [7, 11) is 1.69. The highest BCUT2D eigenvalue weighted by Gasteiger charge is 2.21. The second kappa shape index (κ2) is 11.1. The number of ether oxygens (including phenoxy) is 3. The van der Waals surface area contributed by atoms with Gasteiger partial charge in [0.15, 0.2) is 0 Å². The summed E-state index contributed by atoms with van der Waals surface area (Å²) in [6, 6.07) is 11.8. The molecule has 0 aliphatic carbocycles. The molecule has 1 aromatic carbocycles. The first-order chi connectivity index (χ1) is 14.1. The minimum atomic E-state index is 0.322. The summed E-state index contributed by atoms with van der Waals surface area (Å²) in [4.78, 5) is 6.81. The van der Waals surface area contributed by atoms with Crippen LogP contribution in [-0.4, -0.2) is 55.4 Å². The van der Waals surface area contributed by atoms with Crippen LogP contribution >= 0.6 is 0 Å². The Kier molecular flexibility index (Phi) is 8.28. The zero-order valence-corrected chi connectivity index (χ0v) is 17.8. The molecule has 1 aliphatic heterocycles. The van der Waals surface area contributed by atoms with Crippen molar-refractivity contribution >= 4 is 0 Å². The van der Waals surface area contributed by atoms with Crippen molar-refractivity contribution in [3.8, 4) is 11.5 Å². The summed E-state index contributed by atoms with van der Waals surface area (Å²) in [5, 5.41) is 3.54. The van der Waals surface area contributed by atoms with Crippen molar-refractivity contribution in [1.29, 1.82) is 0 Å². The summed E-state index contributed by atoms with van der Waals surface area (Å²) >= 11 is 0. The van der Waals surface area contributed by atoms with Crippen LogP contribution < -0.4 is 14.8 Å². The predicted octanol–water partition coefficient (Wildman–Crippen LogP) is 3.26. The van der Waals surface area contributed by atoms with Gasteiger partial charge in [0.25, 0.3) is 0 Å². The van der Waals surface area contributed by atoms with E-state index in [1.165, 1.54) is 0 Å². The van der Waals surface area contributed by atoms with Gasteiger partial charge in [0.2, 0.25) is 0 Å². The summed E-state index contributed by atoms with van der Waals surface area (Å²) < 4.78 is 17.2. The third kappa shape index (κ3) is 6.99. The van der Waals surface area contributed by atoms with E-state index in [1.807, 2.05) is 36.4 Å². The highest BCUT2D eigenvalue weighted by atomic mass is 16.5. The van der Waals surface area contributed by atoms with Crippen molar-refractivity contribution in [3.05, 3.63) is 53.9 Å². The molecule has 2 heterocycles. The molecule has 1 aliphatic rings. The number of rotatable bonds is 10. The zero-order chi connectivity index (χ0) is 20.5. The minimum Gasteiger partial charge on any atom is -0.497 e. The Balaban J connectivity index is 1.47. The molecule has 2 aromatic rings. The van der Waals surface area contributed by atoms with Crippen LogP contribution in [0.5, 0.6) is 11.5 Å². The van der Waals surface area contributed by atoms with E-state index in [4.69, 9.17) is 14.2 Å². The lowest BCUT2D eigenvalue weighted by atomic mass is 10.2. The second-order valence-electron chi connectivity index (χ2n) is 7.63. The van der Waals surface area contributed by atoms with Crippen LogP contribution in [-0.2, 0) is 17.9 Å². The van der Waals surface area contributed by atoms with Gasteiger partial charge in [0.1, 0.15) is 18.1 Å². The van der Waals surface area contributed by atoms with E-state index < -0.39 is 0 Å². The Morgan fingerprint density at radius 3 is 2.72 bits per heavy atom. The minimum absolute atomic E-state index is 0.322. The first kappa shape index (κ1) is 21.6. The van der Waals surface area contributed by atoms with Crippen LogP contribution in [0.1, 0.15) is 31.5 Å². The molecule has 6 heteroatoms. The Hall–Kier alpha value is -2.15. The van der Waals surface area contributed by atoms with Gasteiger partial charge in [0, 0.05) is 31.4 Å². The first-order valence-corrected chi connectivity index (χ1v) is 10.4. The Morgan fingerprint density at radius 2 is 2.00 bits per heavy atom. The highest BCUT2D eigenvalue weighted by Crippen LogP contribution is 2.25. The van der Waals surface area contributed by atoms with E-state index in [0.717, 1.165) is 61.9 Å². The van der Waals surface area contributed by atoms with Gasteiger partial charge in [-0.1, -0.05) is 6.07 Å². The fourth-order valence-electron chi connectivity index (χ4n) is 3.71. The summed E-state index contributed by atoms with van der Waals surface area (Å²) in [5.74, 6) is 1.70. The zero-order valence-electron chi connectivity index (χ0n) is 17.8. The second-order valence-corrected chi connectivity index (χ2v) is 7.63. The average Bonchev–Trinajstić information content (AvgIpc) is 2.72. The number of nitrogens with one attached hydrogen (secondary N) is 1. The molecule has 2 unspecified atom stereocenters. The molecule has 0 bridgehead atoms. The number of morpholine rings is 1. The van der Waals surface area contributed by atoms with Crippen LogP contribution in [0.25, 0.3) is 0 Å². The number of methoxy groups -OCH3 is 1. The van der Waals surface area contributed by atoms with Gasteiger partial charge in [-0.05, 0) is 63.7 Å². The monoisotopic (exact) mass is 399 g/mol. The lowest BCUT2D eigenvalue weighted by Crippen LogP contribution is -2.46. The molecule has 0 amide bonds. The van der Waals surface area contributed by atoms with Gasteiger partial charge in [-0.2, -0.15) is 0 Å². The summed E-state index contributed by atoms with van der Waals surface area (Å²) in [6.45, 7) is 9.57. The molecule has 29 heavy (non-hydrogen) atoms. The molecule has 0 radical (unpaired) electrons. The van der Waals surface area contributed by atoms with Crippen molar-refractivity contribution < 1.29 is 14.2 Å². The van der Waals surface area contributed by atoms with Gasteiger partial charge in [0.05, 0.1) is 25.0 Å². The average molecular weight is 400 g/mol. The van der Waals surface area contributed by atoms with Crippen LogP contribution in [0.4, 0.5) is 0 Å². The van der Waals surface area contributed by atoms with E-state index in [9.17, 15) is 0 Å². The molecule has 158 valence electrons. The van der Waals surface area contributed by atoms with Crippen molar-refractivity contribution in [2.24, 2.45) is 0 Å². The molecular weight excluding hydrogens is 366 g/mol. The summed E-state index contributed by atoms with van der Waals surface area (Å²) in [6.07, 6.45) is 3.53. The maximum absolute atomic E-state index is 6.02. The van der Waals surface area contributed by atoms with Crippen LogP contribution in [0, 0.1) is 0 Å². The summed E-state index contributed by atoms with van der Waals surface area (Å²) in [5.41, 5.74) is 2.00. The smallest absolute Gasteiger partial charge is 0.130 e. The number of nitrogens with zero attached hydrogens (tertiary/aromatic N) is 2. The maximum atomic E-state index is 6.02. The van der Waals surface area contributed by atoms with E-state index in [-0.39, 0.29) is 0 Å². The first-order valence-electron chi connectivity index (χ1n) is 10.4. The third-order valence-electron chi connectivity index (χ3n) is 5.01. The van der Waals surface area contributed by atoms with Crippen molar-refractivity contribution in [3.63, 3.8) is 0 Å². The lowest BCUT2D eigenvalue weighted by Gasteiger charge is -2.35. The number of hydrogen-bond donors (Lipinski definition) is 1. The van der Waals surface area contributed by atoms with E-state index in [0.29, 0.717) is 18.8 Å². The van der Waals surface area contributed by atoms with Gasteiger partial charge in [-0.15, -0.1) is 0 Å². The number of aromatic nitrogens is 1. The number of hydrogen-bond acceptors (Lipinski definition) is 6. The Bertz CT molecular complexity index is 731.